The van der Waals surface area contributed by atoms with Crippen molar-refractivity contribution in [3.8, 4) is 0 Å². The molecular weight excluding hydrogens is 356 g/mol. The number of amides is 1. The Morgan fingerprint density at radius 1 is 1.42 bits per heavy atom. The van der Waals surface area contributed by atoms with Gasteiger partial charge in [-0.25, -0.2) is 13.1 Å². The number of ether oxygens (including phenoxy) is 2. The first-order valence-corrected chi connectivity index (χ1v) is 9.85. The third-order valence-corrected chi connectivity index (χ3v) is 6.22. The van der Waals surface area contributed by atoms with Crippen molar-refractivity contribution < 1.29 is 27.5 Å². The number of carbonyl (C=O) groups excluding carboxylic acids is 2. The molecule has 134 valence electrons. The molecule has 1 N–H and O–H groups in total. The van der Waals surface area contributed by atoms with E-state index in [1.165, 1.54) is 13.0 Å². The highest BCUT2D eigenvalue weighted by atomic mass is 32.2. The molecule has 1 amide bonds. The molecule has 1 atom stereocenters. The Morgan fingerprint density at radius 3 is 2.75 bits per heavy atom. The van der Waals surface area contributed by atoms with Crippen molar-refractivity contribution in [1.29, 1.82) is 0 Å². The van der Waals surface area contributed by atoms with E-state index in [-0.39, 0.29) is 23.1 Å². The summed E-state index contributed by atoms with van der Waals surface area (Å²) in [6.45, 7) is 3.31. The van der Waals surface area contributed by atoms with Gasteiger partial charge in [0.15, 0.2) is 6.10 Å². The molecule has 1 aliphatic heterocycles. The molecule has 0 unspecified atom stereocenters. The van der Waals surface area contributed by atoms with Crippen molar-refractivity contribution in [3.05, 3.63) is 17.5 Å². The van der Waals surface area contributed by atoms with Crippen LogP contribution in [0.25, 0.3) is 0 Å². The first-order valence-electron chi connectivity index (χ1n) is 7.49. The Bertz CT molecular complexity index is 653. The average Bonchev–Trinajstić information content (AvgIpc) is 3.10. The largest absolute Gasteiger partial charge is 0.452 e. The minimum Gasteiger partial charge on any atom is -0.452 e. The Morgan fingerprint density at radius 2 is 2.12 bits per heavy atom. The number of esters is 1. The second kappa shape index (κ2) is 8.56. The van der Waals surface area contributed by atoms with E-state index in [4.69, 9.17) is 9.47 Å². The summed E-state index contributed by atoms with van der Waals surface area (Å²) < 4.78 is 36.5. The van der Waals surface area contributed by atoms with E-state index >= 15 is 0 Å². The van der Waals surface area contributed by atoms with Crippen molar-refractivity contribution in [1.82, 2.24) is 9.62 Å². The van der Waals surface area contributed by atoms with Crippen molar-refractivity contribution in [2.45, 2.75) is 23.7 Å². The number of thiophene rings is 1. The van der Waals surface area contributed by atoms with Crippen LogP contribution in [0, 0.1) is 0 Å². The predicted molar refractivity (Wildman–Crippen MR) is 87.1 cm³/mol. The average molecular weight is 376 g/mol. The van der Waals surface area contributed by atoms with E-state index in [9.17, 15) is 18.0 Å². The molecule has 2 heterocycles. The zero-order chi connectivity index (χ0) is 17.6. The molecule has 0 radical (unpaired) electrons. The monoisotopic (exact) mass is 376 g/mol. The highest BCUT2D eigenvalue weighted by Gasteiger charge is 2.25. The summed E-state index contributed by atoms with van der Waals surface area (Å²) in [6.07, 6.45) is -1.05. The third-order valence-electron chi connectivity index (χ3n) is 3.36. The van der Waals surface area contributed by atoms with E-state index in [0.29, 0.717) is 26.3 Å². The first kappa shape index (κ1) is 18.8. The van der Waals surface area contributed by atoms with Crippen LogP contribution in [-0.2, 0) is 29.1 Å². The smallest absolute Gasteiger partial charge is 0.307 e. The van der Waals surface area contributed by atoms with E-state index in [0.717, 1.165) is 11.3 Å². The minimum absolute atomic E-state index is 0.0858. The van der Waals surface area contributed by atoms with Gasteiger partial charge in [-0.05, 0) is 18.4 Å². The minimum atomic E-state index is -3.60. The molecule has 0 bridgehead atoms. The van der Waals surface area contributed by atoms with Crippen LogP contribution in [-0.4, -0.2) is 64.1 Å². The number of carbonyl (C=O) groups is 2. The number of sulfonamides is 1. The second-order valence-corrected chi connectivity index (χ2v) is 8.09. The number of nitrogens with zero attached hydrogens (tertiary/aromatic N) is 1. The van der Waals surface area contributed by atoms with Crippen molar-refractivity contribution >= 4 is 33.2 Å². The fourth-order valence-corrected chi connectivity index (χ4v) is 4.19. The van der Waals surface area contributed by atoms with Gasteiger partial charge in [-0.2, -0.15) is 0 Å². The van der Waals surface area contributed by atoms with Gasteiger partial charge in [0.05, 0.1) is 19.6 Å². The van der Waals surface area contributed by atoms with Gasteiger partial charge in [0.1, 0.15) is 4.21 Å². The summed E-state index contributed by atoms with van der Waals surface area (Å²) in [5, 5.41) is 1.65. The number of nitrogens with one attached hydrogen (secondary N) is 1. The van der Waals surface area contributed by atoms with Crippen LogP contribution in [0.1, 0.15) is 13.3 Å². The topological polar surface area (TPSA) is 102 Å². The molecular formula is C14H20N2O6S2. The maximum Gasteiger partial charge on any atom is 0.307 e. The van der Waals surface area contributed by atoms with Crippen LogP contribution in [0.5, 0.6) is 0 Å². The summed E-state index contributed by atoms with van der Waals surface area (Å²) in [6, 6.07) is 3.11. The summed E-state index contributed by atoms with van der Waals surface area (Å²) >= 11 is 1.09. The highest BCUT2D eigenvalue weighted by molar-refractivity contribution is 7.91. The molecule has 8 nitrogen and oxygen atoms in total. The van der Waals surface area contributed by atoms with Gasteiger partial charge in [0.2, 0.25) is 10.0 Å². The molecule has 1 aromatic heterocycles. The molecule has 24 heavy (non-hydrogen) atoms. The van der Waals surface area contributed by atoms with Gasteiger partial charge >= 0.3 is 5.97 Å². The molecule has 0 aromatic carbocycles. The maximum absolute atomic E-state index is 12.1. The molecule has 0 spiro atoms. The maximum atomic E-state index is 12.1. The standard InChI is InChI=1S/C14H20N2O6S2/c1-11(14(18)16-6-8-21-9-7-16)22-12(17)4-5-15-24(19,20)13-3-2-10-23-13/h2-3,10-11,15H,4-9H2,1H3/t11-/m1/s1. The Kier molecular flexibility index (Phi) is 6.72. The van der Waals surface area contributed by atoms with E-state index < -0.39 is 22.1 Å². The van der Waals surface area contributed by atoms with Gasteiger partial charge in [-0.1, -0.05) is 6.07 Å². The van der Waals surface area contributed by atoms with Gasteiger partial charge < -0.3 is 14.4 Å². The van der Waals surface area contributed by atoms with Crippen LogP contribution >= 0.6 is 11.3 Å². The summed E-state index contributed by atoms with van der Waals surface area (Å²) in [4.78, 5) is 25.5. The first-order chi connectivity index (χ1) is 11.4. The fourth-order valence-electron chi connectivity index (χ4n) is 2.12. The molecule has 1 aromatic rings. The van der Waals surface area contributed by atoms with Crippen LogP contribution in [0.3, 0.4) is 0 Å². The SMILES string of the molecule is C[C@@H](OC(=O)CCNS(=O)(=O)c1cccs1)C(=O)N1CCOCC1. The van der Waals surface area contributed by atoms with Crippen molar-refractivity contribution in [2.75, 3.05) is 32.8 Å². The molecule has 2 rings (SSSR count). The molecule has 0 saturated carbocycles. The van der Waals surface area contributed by atoms with Gasteiger partial charge in [-0.3, -0.25) is 9.59 Å². The summed E-state index contributed by atoms with van der Waals surface area (Å²) in [7, 11) is -3.60. The number of hydrogen-bond acceptors (Lipinski definition) is 7. The number of morpholine rings is 1. The van der Waals surface area contributed by atoms with Gasteiger partial charge in [0.25, 0.3) is 5.91 Å². The van der Waals surface area contributed by atoms with Crippen LogP contribution in [0.15, 0.2) is 21.7 Å². The van der Waals surface area contributed by atoms with Crippen LogP contribution < -0.4 is 4.72 Å². The predicted octanol–water partition coefficient (Wildman–Crippen LogP) is 0.207. The lowest BCUT2D eigenvalue weighted by Crippen LogP contribution is -2.46. The Labute approximate surface area is 144 Å². The Hall–Kier alpha value is -1.49. The molecule has 1 fully saturated rings. The molecule has 10 heteroatoms. The molecule has 1 aliphatic rings. The number of hydrogen-bond donors (Lipinski definition) is 1. The zero-order valence-corrected chi connectivity index (χ0v) is 14.9. The normalized spacial score (nSPS) is 16.6. The van der Waals surface area contributed by atoms with E-state index in [2.05, 4.69) is 4.72 Å². The summed E-state index contributed by atoms with van der Waals surface area (Å²) in [5.41, 5.74) is 0. The second-order valence-electron chi connectivity index (χ2n) is 5.15. The lowest BCUT2D eigenvalue weighted by Gasteiger charge is -2.28. The summed E-state index contributed by atoms with van der Waals surface area (Å²) in [5.74, 6) is -0.899. The fraction of sp³-hybridized carbons (Fsp3) is 0.571. The Balaban J connectivity index is 1.73. The van der Waals surface area contributed by atoms with Crippen LogP contribution in [0.4, 0.5) is 0 Å². The van der Waals surface area contributed by atoms with Crippen molar-refractivity contribution in [2.24, 2.45) is 0 Å². The van der Waals surface area contributed by atoms with Gasteiger partial charge in [0, 0.05) is 19.6 Å². The highest BCUT2D eigenvalue weighted by Crippen LogP contribution is 2.15. The molecule has 0 aliphatic carbocycles. The third kappa shape index (κ3) is 5.26. The molecule has 1 saturated heterocycles. The lowest BCUT2D eigenvalue weighted by atomic mass is 10.3. The zero-order valence-electron chi connectivity index (χ0n) is 13.3. The van der Waals surface area contributed by atoms with Gasteiger partial charge in [-0.15, -0.1) is 11.3 Å². The lowest BCUT2D eigenvalue weighted by molar-refractivity contribution is -0.160. The van der Waals surface area contributed by atoms with Crippen LogP contribution in [0.2, 0.25) is 0 Å². The van der Waals surface area contributed by atoms with Crippen molar-refractivity contribution in [3.63, 3.8) is 0 Å². The number of rotatable bonds is 7. The quantitative estimate of drug-likeness (QED) is 0.683. The van der Waals surface area contributed by atoms with E-state index in [1.807, 2.05) is 0 Å². The van der Waals surface area contributed by atoms with E-state index in [1.54, 1.807) is 16.3 Å².